The number of phosphoric acid groups is 1. The highest BCUT2D eigenvalue weighted by Gasteiger charge is 2.26. The Hall–Kier alpha value is -2.29. The monoisotopic (exact) mass is 752 g/mol. The van der Waals surface area contributed by atoms with Crippen LogP contribution in [0.25, 0.3) is 0 Å². The molecule has 0 fully saturated rings. The molecule has 0 rings (SSSR count). The number of likely N-dealkylation sites (N-methyl/N-ethyl adjacent to an activating group) is 1. The van der Waals surface area contributed by atoms with Crippen LogP contribution in [0.3, 0.4) is 0 Å². The Morgan fingerprint density at radius 1 is 0.615 bits per heavy atom. The molecule has 0 radical (unpaired) electrons. The summed E-state index contributed by atoms with van der Waals surface area (Å²) < 4.78 is 33.0. The number of phosphoric ester groups is 1. The smallest absolute Gasteiger partial charge is 0.462 e. The minimum absolute atomic E-state index is 0.0271. The quantitative estimate of drug-likeness (QED) is 0.0276. The van der Waals surface area contributed by atoms with Crippen molar-refractivity contribution in [3.8, 4) is 0 Å². The van der Waals surface area contributed by atoms with Gasteiger partial charge in [0, 0.05) is 19.4 Å². The van der Waals surface area contributed by atoms with E-state index < -0.39 is 32.5 Å². The Labute approximate surface area is 317 Å². The van der Waals surface area contributed by atoms with Crippen LogP contribution in [0.15, 0.2) is 60.8 Å². The number of hydrogen-bond acceptors (Lipinski definition) is 8. The van der Waals surface area contributed by atoms with Crippen molar-refractivity contribution in [2.24, 2.45) is 0 Å². The first kappa shape index (κ1) is 49.7. The van der Waals surface area contributed by atoms with E-state index in [1.165, 1.54) is 57.8 Å². The number of ether oxygens (including phenoxy) is 2. The lowest BCUT2D eigenvalue weighted by Crippen LogP contribution is -2.29. The van der Waals surface area contributed by atoms with Crippen molar-refractivity contribution >= 4 is 19.8 Å². The fourth-order valence-electron chi connectivity index (χ4n) is 5.12. The maximum atomic E-state index is 12.6. The van der Waals surface area contributed by atoms with Crippen LogP contribution < -0.4 is 5.32 Å². The number of nitrogens with one attached hydrogen (secondary N) is 1. The van der Waals surface area contributed by atoms with Gasteiger partial charge in [-0.15, -0.1) is 0 Å². The van der Waals surface area contributed by atoms with E-state index in [1.807, 2.05) is 6.08 Å². The number of hydrogen-bond donors (Lipinski definition) is 2. The minimum atomic E-state index is -4.36. The summed E-state index contributed by atoms with van der Waals surface area (Å²) in [7, 11) is -2.67. The minimum Gasteiger partial charge on any atom is -0.462 e. The second-order valence-electron chi connectivity index (χ2n) is 13.1. The molecular formula is C42H74NO8P. The zero-order valence-corrected chi connectivity index (χ0v) is 33.9. The predicted octanol–water partition coefficient (Wildman–Crippen LogP) is 11.2. The summed E-state index contributed by atoms with van der Waals surface area (Å²) in [5.41, 5.74) is 0. The molecule has 52 heavy (non-hydrogen) atoms. The standard InChI is InChI=1S/C42H74NO8P/c1-4-6-8-10-12-14-16-18-19-20-21-23-24-26-28-30-32-34-41(44)48-38-40(39-50-52(46,47)49-37-36-43-3)51-42(45)35-33-31-29-27-25-22-17-15-13-11-9-7-5-2/h6,8,12,14,18-19,21,23,26,28,40,43H,4-5,7,9-11,13,15-17,20,22,24-25,27,29-39H2,1-3H3,(H,46,47)/b8-6-,14-12-,19-18-,23-21-,28-26-. The second-order valence-corrected chi connectivity index (χ2v) is 14.5. The predicted molar refractivity (Wildman–Crippen MR) is 215 cm³/mol. The van der Waals surface area contributed by atoms with E-state index in [0.29, 0.717) is 19.4 Å². The van der Waals surface area contributed by atoms with Gasteiger partial charge in [-0.1, -0.05) is 152 Å². The van der Waals surface area contributed by atoms with Crippen molar-refractivity contribution < 1.29 is 37.6 Å². The summed E-state index contributed by atoms with van der Waals surface area (Å²) in [6.45, 7) is 4.03. The number of carbonyl (C=O) groups excluding carboxylic acids is 2. The second kappa shape index (κ2) is 38.4. The largest absolute Gasteiger partial charge is 0.472 e. The first-order chi connectivity index (χ1) is 25.3. The van der Waals surface area contributed by atoms with Gasteiger partial charge < -0.3 is 19.7 Å². The Morgan fingerprint density at radius 3 is 1.62 bits per heavy atom. The van der Waals surface area contributed by atoms with Gasteiger partial charge in [0.25, 0.3) is 0 Å². The van der Waals surface area contributed by atoms with Crippen molar-refractivity contribution in [2.75, 3.05) is 33.4 Å². The van der Waals surface area contributed by atoms with Gasteiger partial charge in [0.15, 0.2) is 6.10 Å². The third-order valence-electron chi connectivity index (χ3n) is 8.15. The molecule has 0 saturated heterocycles. The maximum Gasteiger partial charge on any atom is 0.472 e. The lowest BCUT2D eigenvalue weighted by molar-refractivity contribution is -0.161. The van der Waals surface area contributed by atoms with Crippen LogP contribution in [0.5, 0.6) is 0 Å². The van der Waals surface area contributed by atoms with E-state index in [4.69, 9.17) is 18.5 Å². The van der Waals surface area contributed by atoms with Crippen LogP contribution in [0.2, 0.25) is 0 Å². The van der Waals surface area contributed by atoms with Gasteiger partial charge in [-0.05, 0) is 58.4 Å². The van der Waals surface area contributed by atoms with Crippen molar-refractivity contribution in [3.05, 3.63) is 60.8 Å². The molecule has 2 unspecified atom stereocenters. The van der Waals surface area contributed by atoms with Crippen LogP contribution >= 0.6 is 7.82 Å². The van der Waals surface area contributed by atoms with E-state index in [9.17, 15) is 19.0 Å². The third kappa shape index (κ3) is 37.5. The molecule has 0 aromatic heterocycles. The first-order valence-corrected chi connectivity index (χ1v) is 21.7. The van der Waals surface area contributed by atoms with Crippen molar-refractivity contribution in [2.45, 2.75) is 161 Å². The molecule has 9 nitrogen and oxygen atoms in total. The van der Waals surface area contributed by atoms with Crippen LogP contribution in [-0.2, 0) is 32.7 Å². The molecule has 0 amide bonds. The fraction of sp³-hybridized carbons (Fsp3) is 0.714. The fourth-order valence-corrected chi connectivity index (χ4v) is 5.87. The van der Waals surface area contributed by atoms with Crippen LogP contribution in [0.4, 0.5) is 0 Å². The molecule has 0 aliphatic heterocycles. The van der Waals surface area contributed by atoms with Crippen LogP contribution in [-0.4, -0.2) is 56.3 Å². The van der Waals surface area contributed by atoms with Crippen molar-refractivity contribution in [3.63, 3.8) is 0 Å². The highest BCUT2D eigenvalue weighted by Crippen LogP contribution is 2.43. The van der Waals surface area contributed by atoms with Gasteiger partial charge >= 0.3 is 19.8 Å². The van der Waals surface area contributed by atoms with Gasteiger partial charge in [0.1, 0.15) is 6.61 Å². The molecule has 0 saturated carbocycles. The lowest BCUT2D eigenvalue weighted by atomic mass is 10.0. The SMILES string of the molecule is CC/C=C\C/C=C\C/C=C\C/C=C\C/C=C\CCCC(=O)OCC(COP(=O)(O)OCCNC)OC(=O)CCCCCCCCCCCCCCC. The Balaban J connectivity index is 4.36. The third-order valence-corrected chi connectivity index (χ3v) is 9.14. The number of esters is 2. The molecule has 0 aliphatic rings. The summed E-state index contributed by atoms with van der Waals surface area (Å²) in [6.07, 6.45) is 42.7. The molecule has 0 aromatic carbocycles. The average molecular weight is 752 g/mol. The summed E-state index contributed by atoms with van der Waals surface area (Å²) in [5, 5.41) is 2.81. The number of rotatable bonds is 37. The lowest BCUT2D eigenvalue weighted by Gasteiger charge is -2.20. The summed E-state index contributed by atoms with van der Waals surface area (Å²) in [4.78, 5) is 34.9. The Kier molecular flexibility index (Phi) is 36.7. The topological polar surface area (TPSA) is 120 Å². The zero-order valence-electron chi connectivity index (χ0n) is 33.0. The normalized spacial score (nSPS) is 14.0. The summed E-state index contributed by atoms with van der Waals surface area (Å²) in [6, 6.07) is 0. The summed E-state index contributed by atoms with van der Waals surface area (Å²) in [5.74, 6) is -0.877. The van der Waals surface area contributed by atoms with E-state index in [2.05, 4.69) is 73.8 Å². The van der Waals surface area contributed by atoms with E-state index in [-0.39, 0.29) is 26.1 Å². The zero-order chi connectivity index (χ0) is 38.2. The van der Waals surface area contributed by atoms with E-state index in [0.717, 1.165) is 57.8 Å². The Morgan fingerprint density at radius 2 is 1.10 bits per heavy atom. The number of allylic oxidation sites excluding steroid dienone is 10. The van der Waals surface area contributed by atoms with Crippen LogP contribution in [0.1, 0.15) is 155 Å². The molecule has 0 spiro atoms. The molecular weight excluding hydrogens is 677 g/mol. The summed E-state index contributed by atoms with van der Waals surface area (Å²) >= 11 is 0. The van der Waals surface area contributed by atoms with E-state index in [1.54, 1.807) is 7.05 Å². The van der Waals surface area contributed by atoms with Gasteiger partial charge in [0.2, 0.25) is 0 Å². The molecule has 0 bridgehead atoms. The molecule has 0 aliphatic carbocycles. The average Bonchev–Trinajstić information content (AvgIpc) is 3.12. The van der Waals surface area contributed by atoms with Gasteiger partial charge in [-0.2, -0.15) is 0 Å². The number of unbranched alkanes of at least 4 members (excludes halogenated alkanes) is 13. The molecule has 0 aromatic rings. The molecule has 10 heteroatoms. The molecule has 0 heterocycles. The van der Waals surface area contributed by atoms with Gasteiger partial charge in [-0.25, -0.2) is 4.57 Å². The molecule has 300 valence electrons. The van der Waals surface area contributed by atoms with E-state index >= 15 is 0 Å². The Bertz CT molecular complexity index is 1040. The molecule has 2 N–H and O–H groups in total. The molecule has 2 atom stereocenters. The first-order valence-electron chi connectivity index (χ1n) is 20.2. The maximum absolute atomic E-state index is 12.6. The highest BCUT2D eigenvalue weighted by atomic mass is 31.2. The van der Waals surface area contributed by atoms with Crippen molar-refractivity contribution in [1.29, 1.82) is 0 Å². The van der Waals surface area contributed by atoms with Gasteiger partial charge in [0.05, 0.1) is 13.2 Å². The van der Waals surface area contributed by atoms with Gasteiger partial charge in [-0.3, -0.25) is 18.6 Å². The van der Waals surface area contributed by atoms with Crippen molar-refractivity contribution in [1.82, 2.24) is 5.32 Å². The highest BCUT2D eigenvalue weighted by molar-refractivity contribution is 7.47. The van der Waals surface area contributed by atoms with Crippen LogP contribution in [0, 0.1) is 0 Å². The number of carbonyl (C=O) groups is 2.